The Labute approximate surface area is 172 Å². The third-order valence-corrected chi connectivity index (χ3v) is 6.01. The Morgan fingerprint density at radius 1 is 1.04 bits per heavy atom. The summed E-state index contributed by atoms with van der Waals surface area (Å²) < 4.78 is 6.06. The minimum atomic E-state index is -0.338. The highest BCUT2D eigenvalue weighted by Crippen LogP contribution is 2.44. The summed E-state index contributed by atoms with van der Waals surface area (Å²) >= 11 is 5.77. The van der Waals surface area contributed by atoms with Crippen LogP contribution in [0.3, 0.4) is 0 Å². The summed E-state index contributed by atoms with van der Waals surface area (Å²) in [5.74, 6) is 0.926. The average molecular weight is 394 g/mol. The first-order valence-electron chi connectivity index (χ1n) is 9.78. The van der Waals surface area contributed by atoms with Crippen LogP contribution in [0, 0.1) is 13.8 Å². The lowest BCUT2D eigenvalue weighted by molar-refractivity contribution is -0.0661. The fourth-order valence-corrected chi connectivity index (χ4v) is 4.85. The molecule has 2 heterocycles. The van der Waals surface area contributed by atoms with Gasteiger partial charge in [0.05, 0.1) is 5.60 Å². The van der Waals surface area contributed by atoms with Gasteiger partial charge in [-0.25, -0.2) is 4.99 Å². The quantitative estimate of drug-likeness (QED) is 0.708. The number of amidine groups is 1. The topological polar surface area (TPSA) is 36.9 Å². The number of rotatable bonds is 2. The molecule has 28 heavy (non-hydrogen) atoms. The number of aryl methyl sites for hydroxylation is 2. The first kappa shape index (κ1) is 19.1. The standard InChI is InChI=1S/C23H27N3OS/c1-16-9-8-10-17(2)19(16)24-20-23(13-14-27-22(3,4)15-23)26(21(28)25-20)18-11-6-5-7-12-18/h5-12H,13-15H2,1-4H3,(H,24,25,28)/t23-/m0/s1. The number of para-hydroxylation sites is 2. The van der Waals surface area contributed by atoms with E-state index < -0.39 is 0 Å². The summed E-state index contributed by atoms with van der Waals surface area (Å²) in [4.78, 5) is 7.10. The van der Waals surface area contributed by atoms with Crippen molar-refractivity contribution in [3.8, 4) is 0 Å². The fourth-order valence-electron chi connectivity index (χ4n) is 4.48. The SMILES string of the molecule is Cc1cccc(C)c1NC1=NC(=S)N(c2ccccc2)[C@]12CCOC(C)(C)C2. The average Bonchev–Trinajstić information content (AvgIpc) is 2.88. The van der Waals surface area contributed by atoms with Crippen LogP contribution in [0.15, 0.2) is 53.5 Å². The summed E-state index contributed by atoms with van der Waals surface area (Å²) in [6.45, 7) is 9.22. The second kappa shape index (κ2) is 6.98. The van der Waals surface area contributed by atoms with Crippen LogP contribution < -0.4 is 10.2 Å². The van der Waals surface area contributed by atoms with Crippen molar-refractivity contribution in [2.75, 3.05) is 16.8 Å². The van der Waals surface area contributed by atoms with Gasteiger partial charge in [0.1, 0.15) is 11.4 Å². The third-order valence-electron chi connectivity index (χ3n) is 5.73. The summed E-state index contributed by atoms with van der Waals surface area (Å²) in [6.07, 6.45) is 1.65. The number of nitrogens with zero attached hydrogens (tertiary/aromatic N) is 2. The maximum absolute atomic E-state index is 6.06. The van der Waals surface area contributed by atoms with Gasteiger partial charge < -0.3 is 15.0 Å². The Hall–Kier alpha value is -2.24. The van der Waals surface area contributed by atoms with Crippen molar-refractivity contribution in [1.82, 2.24) is 0 Å². The van der Waals surface area contributed by atoms with Gasteiger partial charge in [-0.2, -0.15) is 0 Å². The lowest BCUT2D eigenvalue weighted by Gasteiger charge is -2.48. The van der Waals surface area contributed by atoms with Crippen LogP contribution in [0.5, 0.6) is 0 Å². The highest BCUT2D eigenvalue weighted by Gasteiger charge is 2.53. The molecule has 0 radical (unpaired) electrons. The molecular formula is C23H27N3OS. The number of thiocarbonyl (C=S) groups is 1. The van der Waals surface area contributed by atoms with E-state index in [1.807, 2.05) is 18.2 Å². The summed E-state index contributed by atoms with van der Waals surface area (Å²) in [7, 11) is 0. The van der Waals surface area contributed by atoms with E-state index in [0.717, 1.165) is 30.1 Å². The van der Waals surface area contributed by atoms with Crippen LogP contribution in [-0.2, 0) is 4.74 Å². The molecule has 146 valence electrons. The molecule has 1 spiro atoms. The molecule has 1 N–H and O–H groups in total. The first-order valence-corrected chi connectivity index (χ1v) is 10.2. The maximum atomic E-state index is 6.06. The zero-order valence-corrected chi connectivity index (χ0v) is 17.8. The molecule has 0 aromatic heterocycles. The molecule has 2 aromatic carbocycles. The van der Waals surface area contributed by atoms with E-state index in [-0.39, 0.29) is 11.1 Å². The van der Waals surface area contributed by atoms with Crippen LogP contribution in [0.2, 0.25) is 0 Å². The van der Waals surface area contributed by atoms with Crippen LogP contribution in [-0.4, -0.2) is 28.7 Å². The minimum absolute atomic E-state index is 0.255. The predicted octanol–water partition coefficient (Wildman–Crippen LogP) is 5.25. The second-order valence-corrected chi connectivity index (χ2v) is 8.74. The highest BCUT2D eigenvalue weighted by molar-refractivity contribution is 7.80. The number of benzene rings is 2. The van der Waals surface area contributed by atoms with Crippen molar-refractivity contribution >= 4 is 34.5 Å². The maximum Gasteiger partial charge on any atom is 0.202 e. The Bertz CT molecular complexity index is 918. The van der Waals surface area contributed by atoms with Gasteiger partial charge in [-0.3, -0.25) is 0 Å². The molecule has 0 aliphatic carbocycles. The van der Waals surface area contributed by atoms with E-state index in [9.17, 15) is 0 Å². The van der Waals surface area contributed by atoms with Crippen molar-refractivity contribution in [2.45, 2.75) is 51.7 Å². The van der Waals surface area contributed by atoms with E-state index in [0.29, 0.717) is 11.7 Å². The van der Waals surface area contributed by atoms with Crippen LogP contribution in [0.25, 0.3) is 0 Å². The number of anilines is 2. The Kier molecular flexibility index (Phi) is 4.76. The van der Waals surface area contributed by atoms with Gasteiger partial charge >= 0.3 is 0 Å². The number of nitrogens with one attached hydrogen (secondary N) is 1. The minimum Gasteiger partial charge on any atom is -0.375 e. The fraction of sp³-hybridized carbons (Fsp3) is 0.391. The number of hydrogen-bond acceptors (Lipinski definition) is 3. The van der Waals surface area contributed by atoms with Gasteiger partial charge in [-0.15, -0.1) is 0 Å². The molecular weight excluding hydrogens is 366 g/mol. The molecule has 0 saturated carbocycles. The van der Waals surface area contributed by atoms with Gasteiger partial charge in [0.2, 0.25) is 5.11 Å². The number of hydrogen-bond donors (Lipinski definition) is 1. The van der Waals surface area contributed by atoms with Crippen LogP contribution >= 0.6 is 12.2 Å². The van der Waals surface area contributed by atoms with Crippen LogP contribution in [0.4, 0.5) is 11.4 Å². The third kappa shape index (κ3) is 3.23. The molecule has 4 rings (SSSR count). The molecule has 1 atom stereocenters. The molecule has 0 amide bonds. The molecule has 2 aliphatic rings. The van der Waals surface area contributed by atoms with Crippen molar-refractivity contribution in [1.29, 1.82) is 0 Å². The zero-order chi connectivity index (χ0) is 19.9. The molecule has 0 unspecified atom stereocenters. The van der Waals surface area contributed by atoms with Crippen molar-refractivity contribution < 1.29 is 4.74 Å². The van der Waals surface area contributed by atoms with Crippen molar-refractivity contribution in [2.24, 2.45) is 4.99 Å². The monoisotopic (exact) mass is 393 g/mol. The highest BCUT2D eigenvalue weighted by atomic mass is 32.1. The Morgan fingerprint density at radius 2 is 1.71 bits per heavy atom. The van der Waals surface area contributed by atoms with Crippen molar-refractivity contribution in [3.05, 3.63) is 59.7 Å². The van der Waals surface area contributed by atoms with Gasteiger partial charge in [-0.1, -0.05) is 36.4 Å². The van der Waals surface area contributed by atoms with Gasteiger partial charge in [0.15, 0.2) is 0 Å². The summed E-state index contributed by atoms with van der Waals surface area (Å²) in [5, 5.41) is 4.28. The normalized spacial score (nSPS) is 23.8. The Morgan fingerprint density at radius 3 is 2.36 bits per heavy atom. The van der Waals surface area contributed by atoms with E-state index in [1.165, 1.54) is 11.1 Å². The first-order chi connectivity index (χ1) is 13.3. The van der Waals surface area contributed by atoms with Crippen LogP contribution in [0.1, 0.15) is 37.8 Å². The lowest BCUT2D eigenvalue weighted by Crippen LogP contribution is -2.60. The second-order valence-electron chi connectivity index (χ2n) is 8.37. The van der Waals surface area contributed by atoms with E-state index in [1.54, 1.807) is 0 Å². The molecule has 1 fully saturated rings. The lowest BCUT2D eigenvalue weighted by atomic mass is 9.79. The van der Waals surface area contributed by atoms with Gasteiger partial charge in [-0.05, 0) is 63.2 Å². The molecule has 4 nitrogen and oxygen atoms in total. The smallest absolute Gasteiger partial charge is 0.202 e. The van der Waals surface area contributed by atoms with E-state index in [4.69, 9.17) is 21.9 Å². The molecule has 1 saturated heterocycles. The van der Waals surface area contributed by atoms with Crippen molar-refractivity contribution in [3.63, 3.8) is 0 Å². The molecule has 5 heteroatoms. The van der Waals surface area contributed by atoms with Gasteiger partial charge in [0, 0.05) is 30.8 Å². The van der Waals surface area contributed by atoms with Gasteiger partial charge in [0.25, 0.3) is 0 Å². The number of aliphatic imine (C=N–C) groups is 1. The zero-order valence-electron chi connectivity index (χ0n) is 17.0. The van der Waals surface area contributed by atoms with E-state index in [2.05, 4.69) is 68.2 Å². The summed E-state index contributed by atoms with van der Waals surface area (Å²) in [6, 6.07) is 16.7. The molecule has 2 aromatic rings. The Balaban J connectivity index is 1.81. The molecule has 2 aliphatic heterocycles. The van der Waals surface area contributed by atoms with E-state index >= 15 is 0 Å². The number of ether oxygens (including phenoxy) is 1. The predicted molar refractivity (Wildman–Crippen MR) is 120 cm³/mol. The largest absolute Gasteiger partial charge is 0.375 e. The summed E-state index contributed by atoms with van der Waals surface area (Å²) in [5.41, 5.74) is 4.00. The molecule has 0 bridgehead atoms.